The molecule has 0 saturated heterocycles. The van der Waals surface area contributed by atoms with Gasteiger partial charge in [0.25, 0.3) is 0 Å². The van der Waals surface area contributed by atoms with Gasteiger partial charge in [0, 0.05) is 12.5 Å². The van der Waals surface area contributed by atoms with Gasteiger partial charge in [-0.2, -0.15) is 0 Å². The number of amides is 2. The molecule has 0 aliphatic rings. The maximum Gasteiger partial charge on any atom is 0.240 e. The third-order valence-electron chi connectivity index (χ3n) is 1.88. The van der Waals surface area contributed by atoms with Crippen LogP contribution in [-0.4, -0.2) is 24.9 Å². The summed E-state index contributed by atoms with van der Waals surface area (Å²) in [5.41, 5.74) is 0.906. The zero-order valence-electron chi connectivity index (χ0n) is 9.62. The molecule has 0 aromatic heterocycles. The van der Waals surface area contributed by atoms with Crippen molar-refractivity contribution in [1.29, 1.82) is 0 Å². The second kappa shape index (κ2) is 7.07. The van der Waals surface area contributed by atoms with Gasteiger partial charge in [-0.05, 0) is 12.1 Å². The lowest BCUT2D eigenvalue weighted by Gasteiger charge is -2.01. The lowest BCUT2D eigenvalue weighted by Crippen LogP contribution is -2.35. The van der Waals surface area contributed by atoms with E-state index in [-0.39, 0.29) is 24.9 Å². The normalized spacial score (nSPS) is 8.76. The van der Waals surface area contributed by atoms with Crippen molar-refractivity contribution in [2.24, 2.45) is 0 Å². The minimum absolute atomic E-state index is 0.0116. The standard InChI is InChI=1S/C13H14N2O2/c1-11(16)15-10-13(17)14-9-5-8-12-6-3-2-4-7-12/h2-4,6-7H,9-10H2,1H3,(H,14,17)(H,15,16). The fourth-order valence-corrected chi connectivity index (χ4v) is 1.08. The van der Waals surface area contributed by atoms with Gasteiger partial charge in [0.05, 0.1) is 13.1 Å². The Labute approximate surface area is 100 Å². The Kier molecular flexibility index (Phi) is 5.32. The summed E-state index contributed by atoms with van der Waals surface area (Å²) in [4.78, 5) is 21.7. The van der Waals surface area contributed by atoms with Gasteiger partial charge in [-0.15, -0.1) is 0 Å². The number of hydrogen-bond acceptors (Lipinski definition) is 2. The Bertz CT molecular complexity index is 443. The van der Waals surface area contributed by atoms with Crippen LogP contribution in [0, 0.1) is 11.8 Å². The van der Waals surface area contributed by atoms with E-state index in [0.717, 1.165) is 5.56 Å². The topological polar surface area (TPSA) is 58.2 Å². The van der Waals surface area contributed by atoms with Crippen LogP contribution < -0.4 is 10.6 Å². The van der Waals surface area contributed by atoms with E-state index >= 15 is 0 Å². The Morgan fingerprint density at radius 2 is 1.88 bits per heavy atom. The molecule has 0 bridgehead atoms. The molecule has 0 spiro atoms. The number of benzene rings is 1. The molecule has 17 heavy (non-hydrogen) atoms. The highest BCUT2D eigenvalue weighted by Gasteiger charge is 1.98. The number of nitrogens with one attached hydrogen (secondary N) is 2. The van der Waals surface area contributed by atoms with Crippen LogP contribution in [0.1, 0.15) is 12.5 Å². The Morgan fingerprint density at radius 1 is 1.18 bits per heavy atom. The van der Waals surface area contributed by atoms with Gasteiger partial charge in [0.1, 0.15) is 0 Å². The number of rotatable bonds is 3. The minimum Gasteiger partial charge on any atom is -0.347 e. The van der Waals surface area contributed by atoms with Gasteiger partial charge in [-0.25, -0.2) is 0 Å². The fourth-order valence-electron chi connectivity index (χ4n) is 1.08. The van der Waals surface area contributed by atoms with Crippen molar-refractivity contribution in [1.82, 2.24) is 10.6 Å². The Morgan fingerprint density at radius 3 is 2.53 bits per heavy atom. The first-order valence-corrected chi connectivity index (χ1v) is 5.23. The van der Waals surface area contributed by atoms with Crippen LogP contribution in [0.3, 0.4) is 0 Å². The molecule has 4 heteroatoms. The summed E-state index contributed by atoms with van der Waals surface area (Å²) >= 11 is 0. The predicted octanol–water partition coefficient (Wildman–Crippen LogP) is 0.290. The van der Waals surface area contributed by atoms with Crippen molar-refractivity contribution in [3.05, 3.63) is 35.9 Å². The third kappa shape index (κ3) is 6.00. The molecule has 1 aromatic carbocycles. The summed E-state index contributed by atoms with van der Waals surface area (Å²) in [6, 6.07) is 9.51. The average Bonchev–Trinajstić information content (AvgIpc) is 2.33. The number of carbonyl (C=O) groups is 2. The summed E-state index contributed by atoms with van der Waals surface area (Å²) in [5, 5.41) is 4.99. The molecule has 0 aliphatic heterocycles. The monoisotopic (exact) mass is 230 g/mol. The number of carbonyl (C=O) groups excluding carboxylic acids is 2. The van der Waals surface area contributed by atoms with E-state index in [1.54, 1.807) is 0 Å². The van der Waals surface area contributed by atoms with Crippen molar-refractivity contribution in [3.63, 3.8) is 0 Å². The van der Waals surface area contributed by atoms with Crippen molar-refractivity contribution in [3.8, 4) is 11.8 Å². The van der Waals surface area contributed by atoms with E-state index in [1.165, 1.54) is 6.92 Å². The van der Waals surface area contributed by atoms with E-state index in [2.05, 4.69) is 22.5 Å². The summed E-state index contributed by atoms with van der Waals surface area (Å²) in [5.74, 6) is 5.26. The highest BCUT2D eigenvalue weighted by Crippen LogP contribution is 1.93. The number of hydrogen-bond donors (Lipinski definition) is 2. The van der Waals surface area contributed by atoms with Crippen LogP contribution >= 0.6 is 0 Å². The maximum atomic E-state index is 11.2. The third-order valence-corrected chi connectivity index (χ3v) is 1.88. The fraction of sp³-hybridized carbons (Fsp3) is 0.231. The summed E-state index contributed by atoms with van der Waals surface area (Å²) < 4.78 is 0. The van der Waals surface area contributed by atoms with Crippen LogP contribution in [0.5, 0.6) is 0 Å². The van der Waals surface area contributed by atoms with Crippen LogP contribution in [0.2, 0.25) is 0 Å². The lowest BCUT2D eigenvalue weighted by atomic mass is 10.2. The molecule has 88 valence electrons. The molecule has 1 rings (SSSR count). The lowest BCUT2D eigenvalue weighted by molar-refractivity contribution is -0.124. The summed E-state index contributed by atoms with van der Waals surface area (Å²) in [7, 11) is 0. The first-order valence-electron chi connectivity index (χ1n) is 5.23. The maximum absolute atomic E-state index is 11.2. The largest absolute Gasteiger partial charge is 0.347 e. The molecule has 1 aromatic rings. The molecule has 2 amide bonds. The van der Waals surface area contributed by atoms with Gasteiger partial charge >= 0.3 is 0 Å². The van der Waals surface area contributed by atoms with Crippen LogP contribution in [-0.2, 0) is 9.59 Å². The van der Waals surface area contributed by atoms with E-state index in [9.17, 15) is 9.59 Å². The SMILES string of the molecule is CC(=O)NCC(=O)NCC#Cc1ccccc1. The highest BCUT2D eigenvalue weighted by atomic mass is 16.2. The van der Waals surface area contributed by atoms with Crippen LogP contribution in [0.15, 0.2) is 30.3 Å². The van der Waals surface area contributed by atoms with Crippen molar-refractivity contribution in [2.75, 3.05) is 13.1 Å². The van der Waals surface area contributed by atoms with Crippen molar-refractivity contribution < 1.29 is 9.59 Å². The zero-order valence-corrected chi connectivity index (χ0v) is 9.62. The van der Waals surface area contributed by atoms with Gasteiger partial charge in [-0.1, -0.05) is 30.0 Å². The molecular weight excluding hydrogens is 216 g/mol. The van der Waals surface area contributed by atoms with Crippen molar-refractivity contribution >= 4 is 11.8 Å². The van der Waals surface area contributed by atoms with Crippen LogP contribution in [0.25, 0.3) is 0 Å². The molecular formula is C13H14N2O2. The zero-order chi connectivity index (χ0) is 12.5. The van der Waals surface area contributed by atoms with E-state index in [0.29, 0.717) is 0 Å². The van der Waals surface area contributed by atoms with Crippen molar-refractivity contribution in [2.45, 2.75) is 6.92 Å². The molecule has 0 unspecified atom stereocenters. The minimum atomic E-state index is -0.248. The molecule has 0 aliphatic carbocycles. The quantitative estimate of drug-likeness (QED) is 0.733. The van der Waals surface area contributed by atoms with Crippen LogP contribution in [0.4, 0.5) is 0 Å². The molecule has 4 nitrogen and oxygen atoms in total. The Balaban J connectivity index is 2.26. The smallest absolute Gasteiger partial charge is 0.240 e. The second-order valence-electron chi connectivity index (χ2n) is 3.35. The van der Waals surface area contributed by atoms with E-state index < -0.39 is 0 Å². The van der Waals surface area contributed by atoms with Gasteiger partial charge in [0.15, 0.2) is 0 Å². The first-order chi connectivity index (χ1) is 8.18. The van der Waals surface area contributed by atoms with Gasteiger partial charge in [-0.3, -0.25) is 9.59 Å². The van der Waals surface area contributed by atoms with Gasteiger partial charge < -0.3 is 10.6 Å². The highest BCUT2D eigenvalue weighted by molar-refractivity contribution is 5.83. The van der Waals surface area contributed by atoms with E-state index in [1.807, 2.05) is 30.3 Å². The average molecular weight is 230 g/mol. The van der Waals surface area contributed by atoms with E-state index in [4.69, 9.17) is 0 Å². The van der Waals surface area contributed by atoms with Gasteiger partial charge in [0.2, 0.25) is 11.8 Å². The molecule has 0 radical (unpaired) electrons. The molecule has 0 fully saturated rings. The molecule has 0 saturated carbocycles. The Hall–Kier alpha value is -2.28. The second-order valence-corrected chi connectivity index (χ2v) is 3.35. The molecule has 2 N–H and O–H groups in total. The summed E-state index contributed by atoms with van der Waals surface area (Å²) in [6.07, 6.45) is 0. The molecule has 0 heterocycles. The molecule has 0 atom stereocenters. The summed E-state index contributed by atoms with van der Waals surface area (Å²) in [6.45, 7) is 1.62. The first kappa shape index (κ1) is 12.8. The predicted molar refractivity (Wildman–Crippen MR) is 65.0 cm³/mol.